The topological polar surface area (TPSA) is 63.6 Å². The van der Waals surface area contributed by atoms with Gasteiger partial charge in [0.2, 0.25) is 0 Å². The van der Waals surface area contributed by atoms with Crippen LogP contribution in [0.5, 0.6) is 0 Å². The molecule has 0 radical (unpaired) electrons. The van der Waals surface area contributed by atoms with E-state index in [9.17, 15) is 8.42 Å². The second kappa shape index (κ2) is 2.73. The van der Waals surface area contributed by atoms with Crippen LogP contribution in [0.15, 0.2) is 0 Å². The quantitative estimate of drug-likeness (QED) is 0.605. The van der Waals surface area contributed by atoms with E-state index >= 15 is 0 Å². The summed E-state index contributed by atoms with van der Waals surface area (Å²) in [4.78, 5) is 0. The second-order valence-electron chi connectivity index (χ2n) is 3.03. The smallest absolute Gasteiger partial charge is 0.267 e. The first kappa shape index (κ1) is 8.96. The zero-order valence-electron chi connectivity index (χ0n) is 6.41. The van der Waals surface area contributed by atoms with Crippen LogP contribution in [0.3, 0.4) is 0 Å². The van der Waals surface area contributed by atoms with Gasteiger partial charge in [0.15, 0.2) is 0 Å². The molecule has 0 bridgehead atoms. The summed E-state index contributed by atoms with van der Waals surface area (Å²) in [5, 5.41) is 8.80. The molecule has 0 saturated heterocycles. The van der Waals surface area contributed by atoms with E-state index in [0.29, 0.717) is 0 Å². The zero-order valence-corrected chi connectivity index (χ0v) is 7.23. The predicted octanol–water partition coefficient (Wildman–Crippen LogP) is -0.265. The summed E-state index contributed by atoms with van der Waals surface area (Å²) in [7, 11) is -2.25. The van der Waals surface area contributed by atoms with Gasteiger partial charge in [-0.1, -0.05) is 0 Å². The molecule has 0 spiro atoms. The van der Waals surface area contributed by atoms with Crippen molar-refractivity contribution >= 4 is 10.1 Å². The van der Waals surface area contributed by atoms with E-state index in [-0.39, 0.29) is 17.8 Å². The molecule has 1 fully saturated rings. The predicted molar refractivity (Wildman–Crippen MR) is 39.5 cm³/mol. The first-order valence-electron chi connectivity index (χ1n) is 3.43. The van der Waals surface area contributed by atoms with E-state index in [1.807, 2.05) is 0 Å². The Kier molecular flexibility index (Phi) is 2.22. The third-order valence-corrected chi connectivity index (χ3v) is 3.50. The van der Waals surface area contributed by atoms with E-state index in [1.54, 1.807) is 0 Å². The highest BCUT2D eigenvalue weighted by Crippen LogP contribution is 2.46. The fourth-order valence-corrected chi connectivity index (χ4v) is 2.21. The van der Waals surface area contributed by atoms with Gasteiger partial charge in [-0.2, -0.15) is 8.42 Å². The summed E-state index contributed by atoms with van der Waals surface area (Å²) in [6, 6.07) is 0. The Hall–Kier alpha value is -0.130. The molecule has 0 aromatic carbocycles. The number of aliphatic hydroxyl groups excluding tert-OH is 1. The molecule has 1 N–H and O–H groups in total. The van der Waals surface area contributed by atoms with Crippen molar-refractivity contribution < 1.29 is 17.7 Å². The van der Waals surface area contributed by atoms with E-state index in [0.717, 1.165) is 20.0 Å². The standard InChI is InChI=1S/C6H12O4S/c1-10-11(8,9)5-6(4-7)2-3-6/h7H,2-5H2,1H3. The van der Waals surface area contributed by atoms with Crippen LogP contribution in [0.2, 0.25) is 0 Å². The van der Waals surface area contributed by atoms with Gasteiger partial charge in [0.1, 0.15) is 0 Å². The van der Waals surface area contributed by atoms with Crippen LogP contribution in [-0.2, 0) is 14.3 Å². The zero-order chi connectivity index (χ0) is 8.54. The van der Waals surface area contributed by atoms with Crippen LogP contribution >= 0.6 is 0 Å². The Morgan fingerprint density at radius 2 is 2.09 bits per heavy atom. The lowest BCUT2D eigenvalue weighted by Gasteiger charge is -2.09. The Bertz CT molecular complexity index is 227. The van der Waals surface area contributed by atoms with Crippen molar-refractivity contribution in [3.63, 3.8) is 0 Å². The lowest BCUT2D eigenvalue weighted by atomic mass is 10.2. The SMILES string of the molecule is COS(=O)(=O)CC1(CO)CC1. The Morgan fingerprint density at radius 1 is 1.55 bits per heavy atom. The Balaban J connectivity index is 2.55. The van der Waals surface area contributed by atoms with Gasteiger partial charge in [-0.05, 0) is 12.8 Å². The van der Waals surface area contributed by atoms with Crippen molar-refractivity contribution in [1.29, 1.82) is 0 Å². The first-order valence-corrected chi connectivity index (χ1v) is 5.00. The molecule has 1 aliphatic rings. The maximum Gasteiger partial charge on any atom is 0.267 e. The fraction of sp³-hybridized carbons (Fsp3) is 1.00. The minimum atomic E-state index is -3.39. The van der Waals surface area contributed by atoms with Crippen LogP contribution < -0.4 is 0 Å². The molecular weight excluding hydrogens is 168 g/mol. The molecule has 0 unspecified atom stereocenters. The van der Waals surface area contributed by atoms with Gasteiger partial charge in [-0.15, -0.1) is 0 Å². The highest BCUT2D eigenvalue weighted by atomic mass is 32.2. The fourth-order valence-electron chi connectivity index (χ4n) is 0.959. The van der Waals surface area contributed by atoms with Crippen LogP contribution in [-0.4, -0.2) is 33.0 Å². The molecule has 4 nitrogen and oxygen atoms in total. The molecule has 1 rings (SSSR count). The van der Waals surface area contributed by atoms with Crippen molar-refractivity contribution in [2.75, 3.05) is 19.5 Å². The van der Waals surface area contributed by atoms with Gasteiger partial charge in [0.25, 0.3) is 10.1 Å². The van der Waals surface area contributed by atoms with E-state index in [4.69, 9.17) is 5.11 Å². The van der Waals surface area contributed by atoms with Crippen LogP contribution in [0.25, 0.3) is 0 Å². The van der Waals surface area contributed by atoms with E-state index < -0.39 is 10.1 Å². The van der Waals surface area contributed by atoms with Gasteiger partial charge >= 0.3 is 0 Å². The molecule has 66 valence electrons. The highest BCUT2D eigenvalue weighted by Gasteiger charge is 2.45. The molecule has 0 aliphatic heterocycles. The van der Waals surface area contributed by atoms with E-state index in [2.05, 4.69) is 4.18 Å². The normalized spacial score (nSPS) is 21.6. The monoisotopic (exact) mass is 180 g/mol. The number of rotatable bonds is 4. The number of hydrogen-bond donors (Lipinski definition) is 1. The molecule has 0 amide bonds. The lowest BCUT2D eigenvalue weighted by molar-refractivity contribution is 0.222. The summed E-state index contributed by atoms with van der Waals surface area (Å²) in [5.74, 6) is -0.0486. The van der Waals surface area contributed by atoms with Crippen molar-refractivity contribution in [1.82, 2.24) is 0 Å². The van der Waals surface area contributed by atoms with Gasteiger partial charge in [0.05, 0.1) is 12.9 Å². The molecule has 0 heterocycles. The average Bonchev–Trinajstić information content (AvgIpc) is 2.69. The van der Waals surface area contributed by atoms with Gasteiger partial charge < -0.3 is 5.11 Å². The van der Waals surface area contributed by atoms with Crippen molar-refractivity contribution in [2.24, 2.45) is 5.41 Å². The largest absolute Gasteiger partial charge is 0.396 e. The van der Waals surface area contributed by atoms with Crippen LogP contribution in [0, 0.1) is 5.41 Å². The van der Waals surface area contributed by atoms with Crippen molar-refractivity contribution in [3.05, 3.63) is 0 Å². The van der Waals surface area contributed by atoms with Crippen LogP contribution in [0.4, 0.5) is 0 Å². The Morgan fingerprint density at radius 3 is 2.36 bits per heavy atom. The van der Waals surface area contributed by atoms with Crippen molar-refractivity contribution in [3.8, 4) is 0 Å². The minimum absolute atomic E-state index is 0.0486. The molecule has 0 aromatic heterocycles. The van der Waals surface area contributed by atoms with Gasteiger partial charge in [0, 0.05) is 12.0 Å². The number of aliphatic hydroxyl groups is 1. The molecule has 11 heavy (non-hydrogen) atoms. The van der Waals surface area contributed by atoms with Crippen LogP contribution in [0.1, 0.15) is 12.8 Å². The highest BCUT2D eigenvalue weighted by molar-refractivity contribution is 7.86. The third-order valence-electron chi connectivity index (χ3n) is 2.03. The van der Waals surface area contributed by atoms with Gasteiger partial charge in [-0.25, -0.2) is 0 Å². The summed E-state index contributed by atoms with van der Waals surface area (Å²) >= 11 is 0. The summed E-state index contributed by atoms with van der Waals surface area (Å²) < 4.78 is 26.0. The molecule has 5 heteroatoms. The molecule has 1 aliphatic carbocycles. The first-order chi connectivity index (χ1) is 5.04. The van der Waals surface area contributed by atoms with Gasteiger partial charge in [-0.3, -0.25) is 4.18 Å². The molecule has 0 aromatic rings. The minimum Gasteiger partial charge on any atom is -0.396 e. The average molecular weight is 180 g/mol. The lowest BCUT2D eigenvalue weighted by Crippen LogP contribution is -2.21. The summed E-state index contributed by atoms with van der Waals surface area (Å²) in [6.07, 6.45) is 1.57. The molecule has 1 saturated carbocycles. The molecular formula is C6H12O4S. The maximum atomic E-state index is 10.9. The summed E-state index contributed by atoms with van der Waals surface area (Å²) in [6.45, 7) is -0.0599. The maximum absolute atomic E-state index is 10.9. The number of hydrogen-bond acceptors (Lipinski definition) is 4. The third kappa shape index (κ3) is 2.15. The summed E-state index contributed by atoms with van der Waals surface area (Å²) in [5.41, 5.74) is -0.380. The van der Waals surface area contributed by atoms with Crippen molar-refractivity contribution in [2.45, 2.75) is 12.8 Å². The Labute approximate surface area is 66.3 Å². The second-order valence-corrected chi connectivity index (χ2v) is 4.76. The molecule has 0 atom stereocenters. The van der Waals surface area contributed by atoms with E-state index in [1.165, 1.54) is 0 Å².